The molecule has 0 spiro atoms. The summed E-state index contributed by atoms with van der Waals surface area (Å²) in [4.78, 5) is 0.438. The molecule has 11 aromatic rings. The number of fused-ring (bicyclic) bond motifs is 6. The molecule has 2 aromatic heterocycles. The van der Waals surface area contributed by atoms with Crippen LogP contribution in [0.2, 0.25) is 0 Å². The standard InChI is InChI=1S/C54H36N2S/c1-3-14-37(15-4-1)39-26-30-42(31-27-39)55(43-32-28-40(29-33-43)38-16-5-2-6-17-38)45-35-49(54-50(36-45)48-22-9-12-25-53(48)57-54)41-18-13-19-44(34-41)56-51-23-10-7-20-46(51)47-21-8-11-24-52(47)56/h1-36H/i1D,2D,3D,4D,5D,6D,7D,8D,9D,10D,11D,12D,13D,14D,15D,16D,17D,18D,19D,20D,21D,22D,23D,24D,25D,26D,27D,28D,29D,30D,31D,32D,34D,35D,36D. The van der Waals surface area contributed by atoms with Gasteiger partial charge in [-0.1, -0.05) is 151 Å². The molecule has 0 unspecified atom stereocenters. The molecule has 3 heteroatoms. The Labute approximate surface area is 384 Å². The van der Waals surface area contributed by atoms with Crippen LogP contribution in [0.3, 0.4) is 0 Å². The number of thiophene rings is 1. The molecule has 0 aliphatic heterocycles. The highest BCUT2D eigenvalue weighted by molar-refractivity contribution is 7.26. The molecule has 0 fully saturated rings. The molecule has 0 aliphatic carbocycles. The van der Waals surface area contributed by atoms with Gasteiger partial charge in [-0.25, -0.2) is 0 Å². The van der Waals surface area contributed by atoms with Crippen molar-refractivity contribution in [3.8, 4) is 39.1 Å². The highest BCUT2D eigenvalue weighted by Crippen LogP contribution is 2.46. The predicted octanol–water partition coefficient (Wildman–Crippen LogP) is 15.6. The summed E-state index contributed by atoms with van der Waals surface area (Å²) in [7, 11) is 0. The molecule has 0 radical (unpaired) electrons. The zero-order chi connectivity index (χ0) is 68.2. The Kier molecular flexibility index (Phi) is 3.20. The van der Waals surface area contributed by atoms with Crippen LogP contribution in [0.5, 0.6) is 0 Å². The topological polar surface area (TPSA) is 8.17 Å². The SMILES string of the molecule is [2H]c1cc(N(c2c([2H])c([2H])c(-c3c([2H])c([2H])c([2H])c([2H])c3[2H])c([2H])c2[2H])c2c([2H])c(-c3c([2H])c([2H])c([2H])c(-n4c5c([2H])c([2H])c([2H])c([2H])c5c5c([2H])c([2H])c([2H])c([2H])c54)c3[2H])c3sc4c([2H])c([2H])c([2H])c([2H])c4c3c2[2H])c([2H])c([2H])c1-c1c([2H])c([2H])c([2H])c([2H])c1[2H]. The number of nitrogens with zero attached hydrogens (tertiary/aromatic N) is 2. The van der Waals surface area contributed by atoms with E-state index in [0.717, 1.165) is 0 Å². The fourth-order valence-corrected chi connectivity index (χ4v) is 7.25. The molecule has 11 rings (SSSR count). The van der Waals surface area contributed by atoms with E-state index >= 15 is 0 Å². The van der Waals surface area contributed by atoms with Crippen LogP contribution in [0.15, 0.2) is 218 Å². The molecule has 2 nitrogen and oxygen atoms in total. The van der Waals surface area contributed by atoms with E-state index in [2.05, 4.69) is 0 Å². The van der Waals surface area contributed by atoms with Crippen LogP contribution < -0.4 is 4.90 Å². The Bertz CT molecular complexity index is 5140. The van der Waals surface area contributed by atoms with Gasteiger partial charge in [0.2, 0.25) is 0 Å². The largest absolute Gasteiger partial charge is 0.310 e. The first-order chi connectivity index (χ1) is 42.8. The fraction of sp³-hybridized carbons (Fsp3) is 0. The number of anilines is 3. The van der Waals surface area contributed by atoms with E-state index in [1.165, 1.54) is 0 Å². The summed E-state index contributed by atoms with van der Waals surface area (Å²) in [6.07, 6.45) is 0. The smallest absolute Gasteiger partial charge is 0.0652 e. The van der Waals surface area contributed by atoms with Crippen LogP contribution in [-0.4, -0.2) is 4.57 Å². The molecule has 9 aromatic carbocycles. The highest BCUT2D eigenvalue weighted by atomic mass is 32.1. The van der Waals surface area contributed by atoms with Crippen LogP contribution in [0.1, 0.15) is 48.0 Å². The molecular weight excluding hydrogens is 709 g/mol. The van der Waals surface area contributed by atoms with E-state index in [1.807, 2.05) is 0 Å². The lowest BCUT2D eigenvalue weighted by atomic mass is 9.99. The Hall–Kier alpha value is -7.20. The van der Waals surface area contributed by atoms with Crippen LogP contribution >= 0.6 is 11.3 Å². The van der Waals surface area contributed by atoms with Gasteiger partial charge >= 0.3 is 0 Å². The molecular formula is C54H36N2S. The molecule has 0 amide bonds. The van der Waals surface area contributed by atoms with Gasteiger partial charge in [-0.05, 0) is 94.3 Å². The van der Waals surface area contributed by atoms with E-state index < -0.39 is 310 Å². The van der Waals surface area contributed by atoms with Crippen molar-refractivity contribution in [2.45, 2.75) is 0 Å². The van der Waals surface area contributed by atoms with Crippen LogP contribution in [0, 0.1) is 0 Å². The summed E-state index contributed by atoms with van der Waals surface area (Å²) in [6.45, 7) is 0. The molecule has 0 atom stereocenters. The maximum absolute atomic E-state index is 10.5. The average Bonchev–Trinajstić information content (AvgIpc) is 1.46. The van der Waals surface area contributed by atoms with Crippen molar-refractivity contribution in [2.24, 2.45) is 0 Å². The van der Waals surface area contributed by atoms with Crippen molar-refractivity contribution in [3.05, 3.63) is 218 Å². The molecule has 0 aliphatic rings. The van der Waals surface area contributed by atoms with E-state index in [-0.39, 0.29) is 0 Å². The van der Waals surface area contributed by atoms with Gasteiger partial charge in [0, 0.05) is 59.3 Å². The van der Waals surface area contributed by atoms with Gasteiger partial charge in [0.1, 0.15) is 0 Å². The second-order valence-corrected chi connectivity index (χ2v) is 12.9. The van der Waals surface area contributed by atoms with Crippen LogP contribution in [0.4, 0.5) is 17.1 Å². The highest BCUT2D eigenvalue weighted by Gasteiger charge is 2.20. The maximum atomic E-state index is 10.5. The molecule has 0 N–H and O–H groups in total. The maximum Gasteiger partial charge on any atom is 0.0652 e. The zero-order valence-corrected chi connectivity index (χ0v) is 29.2. The quantitative estimate of drug-likeness (QED) is 0.156. The first kappa shape index (κ1) is 13.2. The van der Waals surface area contributed by atoms with Crippen molar-refractivity contribution in [2.75, 3.05) is 4.90 Å². The average molecular weight is 780 g/mol. The van der Waals surface area contributed by atoms with Gasteiger partial charge in [0.25, 0.3) is 0 Å². The van der Waals surface area contributed by atoms with Gasteiger partial charge in [0.05, 0.1) is 59.0 Å². The van der Waals surface area contributed by atoms with Crippen molar-refractivity contribution in [1.29, 1.82) is 0 Å². The third-order valence-corrected chi connectivity index (χ3v) is 9.76. The molecule has 0 bridgehead atoms. The van der Waals surface area contributed by atoms with Gasteiger partial charge < -0.3 is 9.47 Å². The minimum absolute atomic E-state index is 0.391. The Morgan fingerprint density at radius 1 is 0.386 bits per heavy atom. The summed E-state index contributed by atoms with van der Waals surface area (Å²) in [6, 6.07) is -34.8. The van der Waals surface area contributed by atoms with Crippen molar-refractivity contribution in [3.63, 3.8) is 0 Å². The normalized spacial score (nSPS) is 20.1. The number of hydrogen-bond donors (Lipinski definition) is 0. The first-order valence-corrected chi connectivity index (χ1v) is 17.4. The summed E-state index contributed by atoms with van der Waals surface area (Å²) in [5, 5.41) is -2.30. The number of benzene rings is 9. The summed E-state index contributed by atoms with van der Waals surface area (Å²) < 4.78 is 318. The molecule has 2 heterocycles. The summed E-state index contributed by atoms with van der Waals surface area (Å²) in [5.41, 5.74) is -10.7. The lowest BCUT2D eigenvalue weighted by Gasteiger charge is -2.27. The molecule has 0 saturated carbocycles. The van der Waals surface area contributed by atoms with Crippen LogP contribution in [0.25, 0.3) is 81.0 Å². The Morgan fingerprint density at radius 3 is 1.61 bits per heavy atom. The molecule has 268 valence electrons. The lowest BCUT2D eigenvalue weighted by molar-refractivity contribution is 1.18. The number of para-hydroxylation sites is 2. The third kappa shape index (κ3) is 5.80. The number of rotatable bonds is 7. The van der Waals surface area contributed by atoms with Crippen molar-refractivity contribution in [1.82, 2.24) is 4.57 Å². The minimum atomic E-state index is -1.28. The Morgan fingerprint density at radius 2 is 0.930 bits per heavy atom. The number of aromatic nitrogens is 1. The summed E-state index contributed by atoms with van der Waals surface area (Å²) >= 11 is 0.427. The van der Waals surface area contributed by atoms with Gasteiger partial charge in [-0.3, -0.25) is 0 Å². The molecule has 0 saturated heterocycles. The predicted molar refractivity (Wildman–Crippen MR) is 245 cm³/mol. The van der Waals surface area contributed by atoms with Crippen LogP contribution in [-0.2, 0) is 0 Å². The first-order valence-electron chi connectivity index (χ1n) is 34.1. The second kappa shape index (κ2) is 13.8. The molecule has 57 heavy (non-hydrogen) atoms. The van der Waals surface area contributed by atoms with E-state index in [1.54, 1.807) is 0 Å². The lowest BCUT2D eigenvalue weighted by Crippen LogP contribution is -2.10. The van der Waals surface area contributed by atoms with Gasteiger partial charge in [-0.15, -0.1) is 11.3 Å². The van der Waals surface area contributed by atoms with Gasteiger partial charge in [-0.2, -0.15) is 0 Å². The van der Waals surface area contributed by atoms with E-state index in [0.29, 0.717) is 26.9 Å². The van der Waals surface area contributed by atoms with E-state index in [4.69, 9.17) is 26.0 Å². The Balaban J connectivity index is 1.40. The minimum Gasteiger partial charge on any atom is -0.310 e. The summed E-state index contributed by atoms with van der Waals surface area (Å²) in [5.74, 6) is 0. The third-order valence-electron chi connectivity index (χ3n) is 8.63. The number of hydrogen-bond acceptors (Lipinski definition) is 2. The van der Waals surface area contributed by atoms with Crippen molar-refractivity contribution >= 4 is 70.4 Å². The van der Waals surface area contributed by atoms with Gasteiger partial charge in [0.15, 0.2) is 0 Å². The van der Waals surface area contributed by atoms with E-state index in [9.17, 15) is 21.9 Å². The fourth-order valence-electron chi connectivity index (χ4n) is 6.18. The van der Waals surface area contributed by atoms with Crippen molar-refractivity contribution < 1.29 is 48.0 Å². The second-order valence-electron chi connectivity index (χ2n) is 11.8. The monoisotopic (exact) mass is 779 g/mol. The zero-order valence-electron chi connectivity index (χ0n) is 63.4.